The Morgan fingerprint density at radius 1 is 1.50 bits per heavy atom. The number of aliphatic carboxylic acids is 1. The third-order valence-electron chi connectivity index (χ3n) is 3.83. The van der Waals surface area contributed by atoms with Crippen molar-refractivity contribution in [2.45, 2.75) is 13.0 Å². The SMILES string of the molecule is CC1(C(=O)O)COCC1Nc1nncc2ccccc12. The van der Waals surface area contributed by atoms with Crippen molar-refractivity contribution in [1.29, 1.82) is 0 Å². The van der Waals surface area contributed by atoms with E-state index in [9.17, 15) is 9.90 Å². The van der Waals surface area contributed by atoms with Crippen LogP contribution in [0.4, 0.5) is 5.82 Å². The van der Waals surface area contributed by atoms with E-state index in [1.54, 1.807) is 13.1 Å². The molecule has 0 spiro atoms. The van der Waals surface area contributed by atoms with Gasteiger partial charge < -0.3 is 15.2 Å². The largest absolute Gasteiger partial charge is 0.481 e. The van der Waals surface area contributed by atoms with E-state index in [0.717, 1.165) is 10.8 Å². The van der Waals surface area contributed by atoms with Crippen molar-refractivity contribution in [2.75, 3.05) is 18.5 Å². The number of carbonyl (C=O) groups is 1. The Balaban J connectivity index is 1.96. The maximum absolute atomic E-state index is 11.4. The van der Waals surface area contributed by atoms with Gasteiger partial charge in [-0.2, -0.15) is 5.10 Å². The van der Waals surface area contributed by atoms with Crippen molar-refractivity contribution in [3.8, 4) is 0 Å². The highest BCUT2D eigenvalue weighted by Crippen LogP contribution is 2.32. The maximum atomic E-state index is 11.4. The zero-order valence-electron chi connectivity index (χ0n) is 11.0. The van der Waals surface area contributed by atoms with E-state index in [-0.39, 0.29) is 12.6 Å². The summed E-state index contributed by atoms with van der Waals surface area (Å²) >= 11 is 0. The summed E-state index contributed by atoms with van der Waals surface area (Å²) in [5.41, 5.74) is -0.960. The first-order chi connectivity index (χ1) is 9.61. The van der Waals surface area contributed by atoms with Crippen LogP contribution in [0.3, 0.4) is 0 Å². The Morgan fingerprint density at radius 3 is 3.10 bits per heavy atom. The van der Waals surface area contributed by atoms with E-state index in [1.807, 2.05) is 24.3 Å². The van der Waals surface area contributed by atoms with Crippen molar-refractivity contribution >= 4 is 22.6 Å². The summed E-state index contributed by atoms with van der Waals surface area (Å²) < 4.78 is 5.33. The zero-order valence-corrected chi connectivity index (χ0v) is 11.0. The van der Waals surface area contributed by atoms with E-state index in [2.05, 4.69) is 15.5 Å². The van der Waals surface area contributed by atoms with E-state index in [0.29, 0.717) is 12.4 Å². The number of rotatable bonds is 3. The topological polar surface area (TPSA) is 84.3 Å². The van der Waals surface area contributed by atoms with Gasteiger partial charge >= 0.3 is 5.97 Å². The van der Waals surface area contributed by atoms with E-state index >= 15 is 0 Å². The quantitative estimate of drug-likeness (QED) is 0.882. The number of nitrogens with one attached hydrogen (secondary N) is 1. The smallest absolute Gasteiger partial charge is 0.313 e. The highest BCUT2D eigenvalue weighted by Gasteiger charge is 2.47. The van der Waals surface area contributed by atoms with Gasteiger partial charge in [0.2, 0.25) is 0 Å². The number of anilines is 1. The fourth-order valence-electron chi connectivity index (χ4n) is 2.38. The summed E-state index contributed by atoms with van der Waals surface area (Å²) in [6.45, 7) is 2.21. The molecule has 104 valence electrons. The van der Waals surface area contributed by atoms with Crippen molar-refractivity contribution in [3.05, 3.63) is 30.5 Å². The van der Waals surface area contributed by atoms with Gasteiger partial charge in [0.15, 0.2) is 5.82 Å². The van der Waals surface area contributed by atoms with Crippen molar-refractivity contribution < 1.29 is 14.6 Å². The Kier molecular flexibility index (Phi) is 3.02. The van der Waals surface area contributed by atoms with E-state index < -0.39 is 11.4 Å². The standard InChI is InChI=1S/C14H15N3O3/c1-14(13(18)19)8-20-7-11(14)16-12-10-5-3-2-4-9(10)6-15-17-12/h2-6,11H,7-8H2,1H3,(H,16,17)(H,18,19). The highest BCUT2D eigenvalue weighted by atomic mass is 16.5. The van der Waals surface area contributed by atoms with Crippen LogP contribution in [0.5, 0.6) is 0 Å². The molecule has 6 heteroatoms. The van der Waals surface area contributed by atoms with Gasteiger partial charge in [-0.3, -0.25) is 4.79 Å². The van der Waals surface area contributed by atoms with Gasteiger partial charge in [0, 0.05) is 10.8 Å². The number of hydrogen-bond donors (Lipinski definition) is 2. The molecule has 1 saturated heterocycles. The van der Waals surface area contributed by atoms with Crippen LogP contribution in [-0.2, 0) is 9.53 Å². The molecule has 2 heterocycles. The minimum Gasteiger partial charge on any atom is -0.481 e. The Bertz CT molecular complexity index is 656. The highest BCUT2D eigenvalue weighted by molar-refractivity contribution is 5.91. The molecule has 0 amide bonds. The molecule has 1 aliphatic heterocycles. The van der Waals surface area contributed by atoms with Crippen LogP contribution in [0.25, 0.3) is 10.8 Å². The summed E-state index contributed by atoms with van der Waals surface area (Å²) in [6.07, 6.45) is 1.68. The summed E-state index contributed by atoms with van der Waals surface area (Å²) in [7, 11) is 0. The van der Waals surface area contributed by atoms with Crippen LogP contribution in [0.15, 0.2) is 30.5 Å². The van der Waals surface area contributed by atoms with Crippen LogP contribution in [0, 0.1) is 5.41 Å². The molecule has 2 aromatic rings. The third kappa shape index (κ3) is 1.98. The molecule has 1 fully saturated rings. The van der Waals surface area contributed by atoms with Gasteiger partial charge in [-0.15, -0.1) is 5.10 Å². The number of carboxylic acids is 1. The van der Waals surface area contributed by atoms with Crippen LogP contribution in [0.1, 0.15) is 6.92 Å². The molecule has 1 aromatic carbocycles. The number of benzene rings is 1. The monoisotopic (exact) mass is 273 g/mol. The fraction of sp³-hybridized carbons (Fsp3) is 0.357. The van der Waals surface area contributed by atoms with Gasteiger partial charge in [-0.25, -0.2) is 0 Å². The maximum Gasteiger partial charge on any atom is 0.313 e. The van der Waals surface area contributed by atoms with Crippen LogP contribution in [-0.4, -0.2) is 40.5 Å². The lowest BCUT2D eigenvalue weighted by Gasteiger charge is -2.26. The summed E-state index contributed by atoms with van der Waals surface area (Å²) in [4.78, 5) is 11.4. The molecule has 1 aliphatic rings. The average molecular weight is 273 g/mol. The minimum atomic E-state index is -0.960. The fourth-order valence-corrected chi connectivity index (χ4v) is 2.38. The average Bonchev–Trinajstić information content (AvgIpc) is 2.82. The summed E-state index contributed by atoms with van der Waals surface area (Å²) in [5.74, 6) is -0.285. The molecular formula is C14H15N3O3. The first kappa shape index (κ1) is 12.8. The molecule has 0 radical (unpaired) electrons. The van der Waals surface area contributed by atoms with Crippen molar-refractivity contribution in [2.24, 2.45) is 5.41 Å². The normalized spacial score (nSPS) is 25.8. The number of nitrogens with zero attached hydrogens (tertiary/aromatic N) is 2. The van der Waals surface area contributed by atoms with E-state index in [4.69, 9.17) is 4.74 Å². The number of fused-ring (bicyclic) bond motifs is 1. The molecule has 0 bridgehead atoms. The number of ether oxygens (including phenoxy) is 1. The molecule has 0 aliphatic carbocycles. The lowest BCUT2D eigenvalue weighted by atomic mass is 9.85. The van der Waals surface area contributed by atoms with Gasteiger partial charge in [-0.1, -0.05) is 24.3 Å². The predicted octanol–water partition coefficient (Wildman–Crippen LogP) is 1.53. The lowest BCUT2D eigenvalue weighted by molar-refractivity contribution is -0.148. The van der Waals surface area contributed by atoms with Gasteiger partial charge in [0.1, 0.15) is 5.41 Å². The second-order valence-corrected chi connectivity index (χ2v) is 5.22. The molecule has 2 atom stereocenters. The van der Waals surface area contributed by atoms with Crippen LogP contribution >= 0.6 is 0 Å². The first-order valence-electron chi connectivity index (χ1n) is 6.39. The molecule has 1 aromatic heterocycles. The van der Waals surface area contributed by atoms with Gasteiger partial charge in [0.25, 0.3) is 0 Å². The van der Waals surface area contributed by atoms with Crippen molar-refractivity contribution in [1.82, 2.24) is 10.2 Å². The summed E-state index contributed by atoms with van der Waals surface area (Å²) in [5, 5.41) is 22.5. The Labute approximate surface area is 115 Å². The van der Waals surface area contributed by atoms with Crippen LogP contribution in [0.2, 0.25) is 0 Å². The predicted molar refractivity (Wildman–Crippen MR) is 73.5 cm³/mol. The Hall–Kier alpha value is -2.21. The molecule has 2 unspecified atom stereocenters. The number of aromatic nitrogens is 2. The molecule has 3 rings (SSSR count). The summed E-state index contributed by atoms with van der Waals surface area (Å²) in [6, 6.07) is 7.38. The molecular weight excluding hydrogens is 258 g/mol. The minimum absolute atomic E-state index is 0.193. The van der Waals surface area contributed by atoms with Gasteiger partial charge in [-0.05, 0) is 6.92 Å². The zero-order chi connectivity index (χ0) is 14.2. The molecule has 2 N–H and O–H groups in total. The third-order valence-corrected chi connectivity index (χ3v) is 3.83. The number of hydrogen-bond acceptors (Lipinski definition) is 5. The second kappa shape index (κ2) is 4.72. The van der Waals surface area contributed by atoms with E-state index in [1.165, 1.54) is 0 Å². The molecule has 0 saturated carbocycles. The molecule has 6 nitrogen and oxygen atoms in total. The van der Waals surface area contributed by atoms with Crippen LogP contribution < -0.4 is 5.32 Å². The lowest BCUT2D eigenvalue weighted by Crippen LogP contribution is -2.43. The van der Waals surface area contributed by atoms with Gasteiger partial charge in [0.05, 0.1) is 25.5 Å². The van der Waals surface area contributed by atoms with Crippen molar-refractivity contribution in [3.63, 3.8) is 0 Å². The Morgan fingerprint density at radius 2 is 2.30 bits per heavy atom. The second-order valence-electron chi connectivity index (χ2n) is 5.22. The molecule has 20 heavy (non-hydrogen) atoms. The first-order valence-corrected chi connectivity index (χ1v) is 6.39. The number of carboxylic acid groups (broad SMARTS) is 1.